The fourth-order valence-electron chi connectivity index (χ4n) is 3.30. The number of aryl methyl sites for hydroxylation is 1. The Morgan fingerprint density at radius 2 is 2.27 bits per heavy atom. The molecule has 1 aromatic carbocycles. The molecule has 0 unspecified atom stereocenters. The standard InChI is InChI=1S/C16H20ClN3O2/c1-10-12(16(21)22)4-3-7-20(10)9-15-18-13-6-5-11(17)8-14(13)19(15)2/h5-6,8,10,12H,3-4,7,9H2,1-2H3,(H,21,22)/t10-,12-/m1/s1. The molecule has 0 bridgehead atoms. The molecule has 2 aromatic rings. The number of rotatable bonds is 3. The van der Waals surface area contributed by atoms with Crippen LogP contribution in [0.5, 0.6) is 0 Å². The van der Waals surface area contributed by atoms with Gasteiger partial charge in [-0.1, -0.05) is 11.6 Å². The number of aliphatic carboxylic acids is 1. The summed E-state index contributed by atoms with van der Waals surface area (Å²) in [5, 5.41) is 10.0. The van der Waals surface area contributed by atoms with Gasteiger partial charge in [0.2, 0.25) is 0 Å². The second-order valence-corrected chi connectivity index (χ2v) is 6.45. The molecule has 1 aliphatic heterocycles. The number of hydrogen-bond donors (Lipinski definition) is 1. The van der Waals surface area contributed by atoms with Crippen LogP contribution in [-0.4, -0.2) is 38.1 Å². The summed E-state index contributed by atoms with van der Waals surface area (Å²) in [6, 6.07) is 5.69. The smallest absolute Gasteiger partial charge is 0.308 e. The summed E-state index contributed by atoms with van der Waals surface area (Å²) in [7, 11) is 1.98. The molecule has 0 aliphatic carbocycles. The molecule has 0 amide bonds. The Kier molecular flexibility index (Phi) is 4.10. The van der Waals surface area contributed by atoms with E-state index in [-0.39, 0.29) is 12.0 Å². The second-order valence-electron chi connectivity index (χ2n) is 6.02. The van der Waals surface area contributed by atoms with E-state index in [0.29, 0.717) is 11.6 Å². The van der Waals surface area contributed by atoms with Crippen molar-refractivity contribution in [3.63, 3.8) is 0 Å². The van der Waals surface area contributed by atoms with Gasteiger partial charge in [-0.2, -0.15) is 0 Å². The van der Waals surface area contributed by atoms with Crippen molar-refractivity contribution in [3.8, 4) is 0 Å². The summed E-state index contributed by atoms with van der Waals surface area (Å²) in [5.74, 6) is -0.0537. The highest BCUT2D eigenvalue weighted by molar-refractivity contribution is 6.31. The average molecular weight is 322 g/mol. The van der Waals surface area contributed by atoms with Gasteiger partial charge in [0.15, 0.2) is 0 Å². The SMILES string of the molecule is C[C@@H]1[C@H](C(=O)O)CCCN1Cc1nc2ccc(Cl)cc2n1C. The van der Waals surface area contributed by atoms with Gasteiger partial charge in [-0.25, -0.2) is 4.98 Å². The van der Waals surface area contributed by atoms with E-state index in [1.165, 1.54) is 0 Å². The quantitative estimate of drug-likeness (QED) is 0.944. The fourth-order valence-corrected chi connectivity index (χ4v) is 3.47. The van der Waals surface area contributed by atoms with Gasteiger partial charge in [0.25, 0.3) is 0 Å². The van der Waals surface area contributed by atoms with Gasteiger partial charge in [-0.15, -0.1) is 0 Å². The molecular weight excluding hydrogens is 302 g/mol. The Labute approximate surface area is 134 Å². The van der Waals surface area contributed by atoms with Gasteiger partial charge in [0.1, 0.15) is 5.82 Å². The molecule has 5 nitrogen and oxygen atoms in total. The number of piperidine rings is 1. The molecule has 118 valence electrons. The fraction of sp³-hybridized carbons (Fsp3) is 0.500. The number of carboxylic acid groups (broad SMARTS) is 1. The third kappa shape index (κ3) is 2.71. The molecular formula is C16H20ClN3O2. The maximum absolute atomic E-state index is 11.3. The lowest BCUT2D eigenvalue weighted by atomic mass is 9.90. The van der Waals surface area contributed by atoms with Crippen LogP contribution in [0.3, 0.4) is 0 Å². The zero-order valence-corrected chi connectivity index (χ0v) is 13.5. The van der Waals surface area contributed by atoms with E-state index in [4.69, 9.17) is 11.6 Å². The number of nitrogens with zero attached hydrogens (tertiary/aromatic N) is 3. The third-order valence-electron chi connectivity index (χ3n) is 4.72. The monoisotopic (exact) mass is 321 g/mol. The molecule has 2 atom stereocenters. The van der Waals surface area contributed by atoms with Crippen molar-refractivity contribution >= 4 is 28.6 Å². The lowest BCUT2D eigenvalue weighted by Crippen LogP contribution is -2.46. The van der Waals surface area contributed by atoms with Crippen molar-refractivity contribution in [1.82, 2.24) is 14.5 Å². The van der Waals surface area contributed by atoms with E-state index >= 15 is 0 Å². The van der Waals surface area contributed by atoms with Crippen molar-refractivity contribution < 1.29 is 9.90 Å². The van der Waals surface area contributed by atoms with Gasteiger partial charge in [0, 0.05) is 18.1 Å². The van der Waals surface area contributed by atoms with Crippen LogP contribution in [0.1, 0.15) is 25.6 Å². The zero-order valence-electron chi connectivity index (χ0n) is 12.8. The highest BCUT2D eigenvalue weighted by atomic mass is 35.5. The highest BCUT2D eigenvalue weighted by Crippen LogP contribution is 2.26. The van der Waals surface area contributed by atoms with Crippen molar-refractivity contribution in [3.05, 3.63) is 29.0 Å². The molecule has 1 aliphatic rings. The summed E-state index contributed by atoms with van der Waals surface area (Å²) in [5.41, 5.74) is 1.92. The molecule has 0 saturated carbocycles. The van der Waals surface area contributed by atoms with Crippen LogP contribution < -0.4 is 0 Å². The Morgan fingerprint density at radius 3 is 3.00 bits per heavy atom. The molecule has 6 heteroatoms. The zero-order chi connectivity index (χ0) is 15.9. The Bertz CT molecular complexity index is 713. The number of aromatic nitrogens is 2. The highest BCUT2D eigenvalue weighted by Gasteiger charge is 2.33. The van der Waals surface area contributed by atoms with Crippen molar-refractivity contribution in [2.24, 2.45) is 13.0 Å². The summed E-state index contributed by atoms with van der Waals surface area (Å²) >= 11 is 6.05. The van der Waals surface area contributed by atoms with E-state index in [1.807, 2.05) is 36.7 Å². The van der Waals surface area contributed by atoms with Crippen LogP contribution >= 0.6 is 11.6 Å². The van der Waals surface area contributed by atoms with Crippen LogP contribution in [-0.2, 0) is 18.4 Å². The molecule has 1 N–H and O–H groups in total. The van der Waals surface area contributed by atoms with E-state index in [1.54, 1.807) is 0 Å². The maximum atomic E-state index is 11.3. The predicted octanol–water partition coefficient (Wildman–Crippen LogP) is 2.91. The minimum Gasteiger partial charge on any atom is -0.481 e. The number of fused-ring (bicyclic) bond motifs is 1. The van der Waals surface area contributed by atoms with Crippen molar-refractivity contribution in [2.45, 2.75) is 32.4 Å². The van der Waals surface area contributed by atoms with Gasteiger partial charge >= 0.3 is 5.97 Å². The predicted molar refractivity (Wildman–Crippen MR) is 86.0 cm³/mol. The first-order valence-electron chi connectivity index (χ1n) is 7.55. The first-order chi connectivity index (χ1) is 10.5. The van der Waals surface area contributed by atoms with Crippen molar-refractivity contribution in [2.75, 3.05) is 6.54 Å². The number of hydrogen-bond acceptors (Lipinski definition) is 3. The minimum atomic E-state index is -0.700. The summed E-state index contributed by atoms with van der Waals surface area (Å²) in [4.78, 5) is 18.2. The maximum Gasteiger partial charge on any atom is 0.308 e. The normalized spacial score (nSPS) is 23.0. The van der Waals surface area contributed by atoms with Gasteiger partial charge in [-0.3, -0.25) is 9.69 Å². The lowest BCUT2D eigenvalue weighted by Gasteiger charge is -2.37. The van der Waals surface area contributed by atoms with Crippen LogP contribution in [0.15, 0.2) is 18.2 Å². The van der Waals surface area contributed by atoms with Gasteiger partial charge in [0.05, 0.1) is 23.5 Å². The van der Waals surface area contributed by atoms with E-state index in [9.17, 15) is 9.90 Å². The van der Waals surface area contributed by atoms with Crippen LogP contribution in [0.4, 0.5) is 0 Å². The number of carboxylic acids is 1. The largest absolute Gasteiger partial charge is 0.481 e. The third-order valence-corrected chi connectivity index (χ3v) is 4.95. The number of benzene rings is 1. The van der Waals surface area contributed by atoms with E-state index < -0.39 is 5.97 Å². The topological polar surface area (TPSA) is 58.4 Å². The van der Waals surface area contributed by atoms with Gasteiger partial charge in [-0.05, 0) is 44.5 Å². The summed E-state index contributed by atoms with van der Waals surface area (Å²) in [6.45, 7) is 3.57. The number of halogens is 1. The first kappa shape index (κ1) is 15.3. The van der Waals surface area contributed by atoms with Crippen LogP contribution in [0, 0.1) is 5.92 Å². The van der Waals surface area contributed by atoms with Crippen LogP contribution in [0.25, 0.3) is 11.0 Å². The molecule has 1 aromatic heterocycles. The molecule has 1 saturated heterocycles. The molecule has 2 heterocycles. The Morgan fingerprint density at radius 1 is 1.50 bits per heavy atom. The Balaban J connectivity index is 1.86. The number of carbonyl (C=O) groups is 1. The average Bonchev–Trinajstić information content (AvgIpc) is 2.77. The molecule has 3 rings (SSSR count). The van der Waals surface area contributed by atoms with E-state index in [0.717, 1.165) is 36.2 Å². The van der Waals surface area contributed by atoms with E-state index in [2.05, 4.69) is 9.88 Å². The molecule has 0 radical (unpaired) electrons. The number of imidazole rings is 1. The molecule has 1 fully saturated rings. The number of likely N-dealkylation sites (tertiary alicyclic amines) is 1. The van der Waals surface area contributed by atoms with Crippen LogP contribution in [0.2, 0.25) is 5.02 Å². The summed E-state index contributed by atoms with van der Waals surface area (Å²) in [6.07, 6.45) is 1.67. The van der Waals surface area contributed by atoms with Gasteiger partial charge < -0.3 is 9.67 Å². The molecule has 22 heavy (non-hydrogen) atoms. The second kappa shape index (κ2) is 5.89. The van der Waals surface area contributed by atoms with Crippen molar-refractivity contribution in [1.29, 1.82) is 0 Å². The minimum absolute atomic E-state index is 0.0228. The summed E-state index contributed by atoms with van der Waals surface area (Å²) < 4.78 is 2.04. The first-order valence-corrected chi connectivity index (χ1v) is 7.93. The lowest BCUT2D eigenvalue weighted by molar-refractivity contribution is -0.145. The Hall–Kier alpha value is -1.59. The molecule has 0 spiro atoms.